The van der Waals surface area contributed by atoms with Gasteiger partial charge >= 0.3 is 0 Å². The van der Waals surface area contributed by atoms with Gasteiger partial charge in [0.05, 0.1) is 6.10 Å². The van der Waals surface area contributed by atoms with Gasteiger partial charge in [-0.25, -0.2) is 9.97 Å². The molecule has 4 heteroatoms. The lowest BCUT2D eigenvalue weighted by Crippen LogP contribution is -2.10. The van der Waals surface area contributed by atoms with Crippen molar-refractivity contribution in [2.75, 3.05) is 6.54 Å². The molecule has 0 fully saturated rings. The Labute approximate surface area is 84.5 Å². The smallest absolute Gasteiger partial charge is 0.219 e. The fourth-order valence-corrected chi connectivity index (χ4v) is 1.14. The molecule has 0 unspecified atom stereocenters. The minimum atomic E-state index is 0.140. The molecule has 0 radical (unpaired) electrons. The molecule has 1 aromatic rings. The summed E-state index contributed by atoms with van der Waals surface area (Å²) in [6, 6.07) is 0. The largest absolute Gasteiger partial charge is 0.475 e. The first-order chi connectivity index (χ1) is 6.74. The maximum atomic E-state index is 5.55. The van der Waals surface area contributed by atoms with Crippen molar-refractivity contribution in [3.63, 3.8) is 0 Å². The molecule has 0 bridgehead atoms. The highest BCUT2D eigenvalue weighted by Crippen LogP contribution is 2.15. The molecule has 0 aliphatic heterocycles. The van der Waals surface area contributed by atoms with Crippen LogP contribution in [0.3, 0.4) is 0 Å². The quantitative estimate of drug-likeness (QED) is 0.765. The van der Waals surface area contributed by atoms with E-state index in [9.17, 15) is 0 Å². The molecule has 1 aromatic heterocycles. The van der Waals surface area contributed by atoms with Crippen molar-refractivity contribution >= 4 is 0 Å². The maximum Gasteiger partial charge on any atom is 0.219 e. The zero-order valence-electron chi connectivity index (χ0n) is 8.73. The van der Waals surface area contributed by atoms with Crippen LogP contribution in [0.2, 0.25) is 0 Å². The molecule has 4 nitrogen and oxygen atoms in total. The summed E-state index contributed by atoms with van der Waals surface area (Å²) < 4.78 is 5.55. The monoisotopic (exact) mass is 195 g/mol. The molecule has 14 heavy (non-hydrogen) atoms. The van der Waals surface area contributed by atoms with E-state index in [0.29, 0.717) is 12.4 Å². The van der Waals surface area contributed by atoms with Crippen LogP contribution in [0.1, 0.15) is 25.8 Å². The van der Waals surface area contributed by atoms with E-state index in [-0.39, 0.29) is 6.10 Å². The van der Waals surface area contributed by atoms with E-state index >= 15 is 0 Å². The molecule has 0 spiro atoms. The Bertz CT molecular complexity index is 276. The van der Waals surface area contributed by atoms with Crippen molar-refractivity contribution in [3.05, 3.63) is 18.1 Å². The van der Waals surface area contributed by atoms with Crippen molar-refractivity contribution in [2.45, 2.75) is 32.8 Å². The number of hydrogen-bond donors (Lipinski definition) is 1. The Hall–Kier alpha value is -1.16. The van der Waals surface area contributed by atoms with Crippen molar-refractivity contribution in [3.8, 4) is 5.88 Å². The van der Waals surface area contributed by atoms with Gasteiger partial charge in [-0.15, -0.1) is 0 Å². The Morgan fingerprint density at radius 3 is 2.93 bits per heavy atom. The van der Waals surface area contributed by atoms with Gasteiger partial charge in [-0.1, -0.05) is 0 Å². The van der Waals surface area contributed by atoms with E-state index in [1.54, 1.807) is 6.20 Å². The summed E-state index contributed by atoms with van der Waals surface area (Å²) in [5.41, 5.74) is 6.48. The Balaban J connectivity index is 2.69. The molecule has 78 valence electrons. The molecule has 0 saturated heterocycles. The normalized spacial score (nSPS) is 10.6. The van der Waals surface area contributed by atoms with E-state index in [1.807, 2.05) is 13.8 Å². The molecule has 1 heterocycles. The van der Waals surface area contributed by atoms with Crippen LogP contribution in [0.15, 0.2) is 12.5 Å². The van der Waals surface area contributed by atoms with Crippen LogP contribution in [0.25, 0.3) is 0 Å². The Morgan fingerprint density at radius 1 is 1.50 bits per heavy atom. The van der Waals surface area contributed by atoms with Crippen LogP contribution < -0.4 is 10.5 Å². The predicted molar refractivity (Wildman–Crippen MR) is 55.2 cm³/mol. The second-order valence-corrected chi connectivity index (χ2v) is 3.41. The predicted octanol–water partition coefficient (Wildman–Crippen LogP) is 1.16. The van der Waals surface area contributed by atoms with Crippen LogP contribution in [0.5, 0.6) is 5.88 Å². The molecule has 2 N–H and O–H groups in total. The fraction of sp³-hybridized carbons (Fsp3) is 0.600. The van der Waals surface area contributed by atoms with Crippen LogP contribution in [0.4, 0.5) is 0 Å². The lowest BCUT2D eigenvalue weighted by Gasteiger charge is -2.11. The highest BCUT2D eigenvalue weighted by atomic mass is 16.5. The van der Waals surface area contributed by atoms with E-state index in [2.05, 4.69) is 9.97 Å². The van der Waals surface area contributed by atoms with Crippen LogP contribution in [0, 0.1) is 0 Å². The molecule has 0 saturated carbocycles. The minimum Gasteiger partial charge on any atom is -0.475 e. The molecule has 0 amide bonds. The zero-order chi connectivity index (χ0) is 10.4. The number of ether oxygens (including phenoxy) is 1. The first-order valence-corrected chi connectivity index (χ1v) is 4.89. The maximum absolute atomic E-state index is 5.55. The van der Waals surface area contributed by atoms with Crippen molar-refractivity contribution in [1.29, 1.82) is 0 Å². The third-order valence-electron chi connectivity index (χ3n) is 1.74. The van der Waals surface area contributed by atoms with Gasteiger partial charge in [-0.3, -0.25) is 0 Å². The average molecular weight is 195 g/mol. The van der Waals surface area contributed by atoms with Crippen molar-refractivity contribution in [2.24, 2.45) is 5.73 Å². The standard InChI is InChI=1S/C10H17N3O/c1-8(2)14-10-9(4-3-5-11)6-12-7-13-10/h6-8H,3-5,11H2,1-2H3. The zero-order valence-corrected chi connectivity index (χ0v) is 8.73. The average Bonchev–Trinajstić information content (AvgIpc) is 2.16. The lowest BCUT2D eigenvalue weighted by atomic mass is 10.2. The Kier molecular flexibility index (Phi) is 4.32. The Morgan fingerprint density at radius 2 is 2.29 bits per heavy atom. The van der Waals surface area contributed by atoms with E-state index < -0.39 is 0 Å². The lowest BCUT2D eigenvalue weighted by molar-refractivity contribution is 0.229. The van der Waals surface area contributed by atoms with Gasteiger partial charge < -0.3 is 10.5 Å². The summed E-state index contributed by atoms with van der Waals surface area (Å²) in [4.78, 5) is 8.07. The molecule has 0 aromatic carbocycles. The van der Waals surface area contributed by atoms with Gasteiger partial charge in [-0.2, -0.15) is 0 Å². The van der Waals surface area contributed by atoms with Gasteiger partial charge in [0.1, 0.15) is 6.33 Å². The van der Waals surface area contributed by atoms with Crippen molar-refractivity contribution < 1.29 is 4.74 Å². The fourth-order valence-electron chi connectivity index (χ4n) is 1.14. The number of aryl methyl sites for hydroxylation is 1. The number of hydrogen-bond acceptors (Lipinski definition) is 4. The summed E-state index contributed by atoms with van der Waals surface area (Å²) in [5, 5.41) is 0. The SMILES string of the molecule is CC(C)Oc1ncncc1CCCN. The van der Waals surface area contributed by atoms with Gasteiger partial charge in [0.25, 0.3) is 0 Å². The number of rotatable bonds is 5. The summed E-state index contributed by atoms with van der Waals surface area (Å²) in [7, 11) is 0. The number of nitrogens with zero attached hydrogens (tertiary/aromatic N) is 2. The van der Waals surface area contributed by atoms with E-state index in [0.717, 1.165) is 18.4 Å². The number of nitrogens with two attached hydrogens (primary N) is 1. The number of aromatic nitrogens is 2. The molecule has 0 aliphatic rings. The topological polar surface area (TPSA) is 61.0 Å². The highest BCUT2D eigenvalue weighted by Gasteiger charge is 2.06. The molecular weight excluding hydrogens is 178 g/mol. The first-order valence-electron chi connectivity index (χ1n) is 4.89. The first kappa shape index (κ1) is 10.9. The minimum absolute atomic E-state index is 0.140. The summed E-state index contributed by atoms with van der Waals surface area (Å²) >= 11 is 0. The van der Waals surface area contributed by atoms with Gasteiger partial charge in [0.15, 0.2) is 0 Å². The van der Waals surface area contributed by atoms with Gasteiger partial charge in [-0.05, 0) is 33.2 Å². The summed E-state index contributed by atoms with van der Waals surface area (Å²) in [5.74, 6) is 0.684. The van der Waals surface area contributed by atoms with Crippen LogP contribution >= 0.6 is 0 Å². The van der Waals surface area contributed by atoms with E-state index in [1.165, 1.54) is 6.33 Å². The molecule has 0 atom stereocenters. The van der Waals surface area contributed by atoms with E-state index in [4.69, 9.17) is 10.5 Å². The third kappa shape index (κ3) is 3.30. The van der Waals surface area contributed by atoms with Gasteiger partial charge in [0.2, 0.25) is 5.88 Å². The second-order valence-electron chi connectivity index (χ2n) is 3.41. The summed E-state index contributed by atoms with van der Waals surface area (Å²) in [6.07, 6.45) is 5.24. The molecular formula is C10H17N3O. The molecule has 0 aliphatic carbocycles. The molecule has 1 rings (SSSR count). The van der Waals surface area contributed by atoms with Crippen molar-refractivity contribution in [1.82, 2.24) is 9.97 Å². The second kappa shape index (κ2) is 5.54. The van der Waals surface area contributed by atoms with Crippen LogP contribution in [-0.4, -0.2) is 22.6 Å². The third-order valence-corrected chi connectivity index (χ3v) is 1.74. The van der Waals surface area contributed by atoms with Crippen LogP contribution in [-0.2, 0) is 6.42 Å². The summed E-state index contributed by atoms with van der Waals surface area (Å²) in [6.45, 7) is 4.64. The van der Waals surface area contributed by atoms with Gasteiger partial charge in [0, 0.05) is 11.8 Å². The highest BCUT2D eigenvalue weighted by molar-refractivity contribution is 5.22.